The van der Waals surface area contributed by atoms with Crippen LogP contribution < -0.4 is 0 Å². The van der Waals surface area contributed by atoms with Crippen molar-refractivity contribution in [2.24, 2.45) is 0 Å². The van der Waals surface area contributed by atoms with Crippen LogP contribution in [0.5, 0.6) is 0 Å². The van der Waals surface area contributed by atoms with Crippen LogP contribution in [0.15, 0.2) is 0 Å². The van der Waals surface area contributed by atoms with Crippen molar-refractivity contribution in [1.29, 1.82) is 0 Å². The first kappa shape index (κ1) is 12.4. The van der Waals surface area contributed by atoms with E-state index < -0.39 is 31.1 Å². The SMILES string of the molecule is FCC(F)(F)C(F)C(F)(F)C(F)F. The van der Waals surface area contributed by atoms with Gasteiger partial charge in [-0.25, -0.2) is 26.3 Å². The first-order valence-electron chi connectivity index (χ1n) is 2.90. The smallest absolute Gasteiger partial charge is 0.244 e. The Balaban J connectivity index is 4.67. The molecule has 0 heterocycles. The normalized spacial score (nSPS) is 16.4. The molecule has 0 nitrogen and oxygen atoms in total. The molecule has 0 aliphatic heterocycles. The number of hydrogen-bond donors (Lipinski definition) is 0. The van der Waals surface area contributed by atoms with E-state index >= 15 is 0 Å². The maximum atomic E-state index is 12.0. The van der Waals surface area contributed by atoms with Gasteiger partial charge < -0.3 is 0 Å². The van der Waals surface area contributed by atoms with Gasteiger partial charge in [0.25, 0.3) is 0 Å². The molecule has 0 radical (unpaired) electrons. The molecule has 0 fully saturated rings. The second-order valence-corrected chi connectivity index (χ2v) is 2.23. The third-order valence-corrected chi connectivity index (χ3v) is 1.18. The summed E-state index contributed by atoms with van der Waals surface area (Å²) in [7, 11) is 0. The van der Waals surface area contributed by atoms with E-state index in [-0.39, 0.29) is 0 Å². The summed E-state index contributed by atoms with van der Waals surface area (Å²) in [5, 5.41) is 0. The quantitative estimate of drug-likeness (QED) is 0.634. The van der Waals surface area contributed by atoms with Gasteiger partial charge in [0.05, 0.1) is 0 Å². The lowest BCUT2D eigenvalue weighted by Gasteiger charge is -2.24. The minimum Gasteiger partial charge on any atom is -0.244 e. The molecule has 0 saturated heterocycles. The van der Waals surface area contributed by atoms with E-state index in [0.29, 0.717) is 0 Å². The molecule has 13 heavy (non-hydrogen) atoms. The number of halogens is 8. The van der Waals surface area contributed by atoms with Gasteiger partial charge in [0.2, 0.25) is 6.17 Å². The van der Waals surface area contributed by atoms with Crippen LogP contribution in [0.4, 0.5) is 35.1 Å². The number of hydrogen-bond acceptors (Lipinski definition) is 0. The van der Waals surface area contributed by atoms with Crippen LogP contribution in [0.25, 0.3) is 0 Å². The fraction of sp³-hybridized carbons (Fsp3) is 1.00. The fourth-order valence-electron chi connectivity index (χ4n) is 0.460. The minimum atomic E-state index is -5.55. The Morgan fingerprint density at radius 2 is 1.31 bits per heavy atom. The van der Waals surface area contributed by atoms with Gasteiger partial charge in [-0.3, -0.25) is 0 Å². The third-order valence-electron chi connectivity index (χ3n) is 1.18. The Morgan fingerprint density at radius 1 is 0.923 bits per heavy atom. The molecular weight excluding hydrogens is 212 g/mol. The van der Waals surface area contributed by atoms with E-state index in [1.165, 1.54) is 0 Å². The molecule has 80 valence electrons. The highest BCUT2D eigenvalue weighted by atomic mass is 19.3. The molecule has 0 aromatic heterocycles. The predicted molar refractivity (Wildman–Crippen MR) is 26.8 cm³/mol. The monoisotopic (exact) mass is 216 g/mol. The van der Waals surface area contributed by atoms with Crippen molar-refractivity contribution < 1.29 is 35.1 Å². The maximum absolute atomic E-state index is 12.0. The zero-order valence-electron chi connectivity index (χ0n) is 5.89. The van der Waals surface area contributed by atoms with Gasteiger partial charge in [0.1, 0.15) is 0 Å². The highest BCUT2D eigenvalue weighted by Gasteiger charge is 2.61. The zero-order valence-corrected chi connectivity index (χ0v) is 5.89. The van der Waals surface area contributed by atoms with Crippen molar-refractivity contribution in [2.75, 3.05) is 6.67 Å². The summed E-state index contributed by atoms with van der Waals surface area (Å²) in [5.74, 6) is -10.6. The van der Waals surface area contributed by atoms with E-state index in [2.05, 4.69) is 0 Å². The van der Waals surface area contributed by atoms with E-state index in [0.717, 1.165) is 0 Å². The van der Waals surface area contributed by atoms with Crippen molar-refractivity contribution in [3.63, 3.8) is 0 Å². The topological polar surface area (TPSA) is 0 Å². The Bertz CT molecular complexity index is 164. The first-order valence-corrected chi connectivity index (χ1v) is 2.90. The van der Waals surface area contributed by atoms with Crippen molar-refractivity contribution in [2.45, 2.75) is 24.4 Å². The van der Waals surface area contributed by atoms with Crippen LogP contribution in [0.2, 0.25) is 0 Å². The van der Waals surface area contributed by atoms with Gasteiger partial charge in [0.15, 0.2) is 6.67 Å². The van der Waals surface area contributed by atoms with Crippen molar-refractivity contribution in [3.05, 3.63) is 0 Å². The summed E-state index contributed by atoms with van der Waals surface area (Å²) in [5.41, 5.74) is 0. The van der Waals surface area contributed by atoms with E-state index in [1.807, 2.05) is 0 Å². The summed E-state index contributed by atoms with van der Waals surface area (Å²) in [4.78, 5) is 0. The van der Waals surface area contributed by atoms with E-state index in [1.54, 1.807) is 0 Å². The van der Waals surface area contributed by atoms with Crippen LogP contribution in [0, 0.1) is 0 Å². The summed E-state index contributed by atoms with van der Waals surface area (Å²) >= 11 is 0. The molecule has 0 aliphatic carbocycles. The number of alkyl halides is 8. The lowest BCUT2D eigenvalue weighted by molar-refractivity contribution is -0.234. The van der Waals surface area contributed by atoms with Crippen LogP contribution in [-0.2, 0) is 0 Å². The fourth-order valence-corrected chi connectivity index (χ4v) is 0.460. The van der Waals surface area contributed by atoms with Crippen LogP contribution >= 0.6 is 0 Å². The molecule has 0 saturated carbocycles. The van der Waals surface area contributed by atoms with Crippen LogP contribution in [0.1, 0.15) is 0 Å². The summed E-state index contributed by atoms with van der Waals surface area (Å²) < 4.78 is 93.2. The molecule has 0 amide bonds. The standard InChI is InChI=1S/C5H4F8/c6-1-4(10,11)2(7)5(12,13)3(8)9/h2-3H,1H2. The van der Waals surface area contributed by atoms with E-state index in [4.69, 9.17) is 0 Å². The minimum absolute atomic E-state index is 2.75. The highest BCUT2D eigenvalue weighted by molar-refractivity contribution is 4.90. The summed E-state index contributed by atoms with van der Waals surface area (Å²) in [6.45, 7) is -2.75. The maximum Gasteiger partial charge on any atom is 0.343 e. The number of rotatable bonds is 4. The molecule has 1 unspecified atom stereocenters. The van der Waals surface area contributed by atoms with Gasteiger partial charge in [0, 0.05) is 0 Å². The van der Waals surface area contributed by atoms with Crippen molar-refractivity contribution >= 4 is 0 Å². The molecule has 0 N–H and O–H groups in total. The highest BCUT2D eigenvalue weighted by Crippen LogP contribution is 2.37. The first-order chi connectivity index (χ1) is 5.66. The molecule has 8 heteroatoms. The van der Waals surface area contributed by atoms with E-state index in [9.17, 15) is 35.1 Å². The van der Waals surface area contributed by atoms with Crippen molar-refractivity contribution in [3.8, 4) is 0 Å². The Hall–Kier alpha value is -0.560. The summed E-state index contributed by atoms with van der Waals surface area (Å²) in [6, 6.07) is 0. The van der Waals surface area contributed by atoms with Gasteiger partial charge in [-0.2, -0.15) is 8.78 Å². The van der Waals surface area contributed by atoms with Crippen LogP contribution in [-0.4, -0.2) is 31.1 Å². The Morgan fingerprint density at radius 3 is 1.54 bits per heavy atom. The average molecular weight is 216 g/mol. The molecule has 0 spiro atoms. The lowest BCUT2D eigenvalue weighted by atomic mass is 10.1. The molecule has 0 rings (SSSR count). The largest absolute Gasteiger partial charge is 0.343 e. The van der Waals surface area contributed by atoms with Gasteiger partial charge in [-0.1, -0.05) is 0 Å². The molecular formula is C5H4F8. The second-order valence-electron chi connectivity index (χ2n) is 2.23. The molecule has 0 bridgehead atoms. The molecule has 0 aliphatic rings. The van der Waals surface area contributed by atoms with Crippen molar-refractivity contribution in [1.82, 2.24) is 0 Å². The average Bonchev–Trinajstić information content (AvgIpc) is 2.02. The Labute approximate surface area is 67.5 Å². The van der Waals surface area contributed by atoms with Gasteiger partial charge in [-0.15, -0.1) is 0 Å². The molecule has 1 atom stereocenters. The van der Waals surface area contributed by atoms with Gasteiger partial charge >= 0.3 is 18.3 Å². The third kappa shape index (κ3) is 2.44. The molecule has 0 aromatic carbocycles. The predicted octanol–water partition coefficient (Wildman–Crippen LogP) is 2.83. The van der Waals surface area contributed by atoms with Crippen LogP contribution in [0.3, 0.4) is 0 Å². The summed E-state index contributed by atoms with van der Waals surface area (Å²) in [6.07, 6.45) is -9.12. The molecule has 0 aromatic rings. The Kier molecular flexibility index (Phi) is 3.51. The lowest BCUT2D eigenvalue weighted by Crippen LogP contribution is -2.49. The zero-order chi connectivity index (χ0) is 10.9. The second kappa shape index (κ2) is 3.67. The van der Waals surface area contributed by atoms with Gasteiger partial charge in [-0.05, 0) is 0 Å².